The van der Waals surface area contributed by atoms with Gasteiger partial charge in [0.2, 0.25) is 0 Å². The van der Waals surface area contributed by atoms with Crippen molar-refractivity contribution in [3.05, 3.63) is 59.6 Å². The van der Waals surface area contributed by atoms with Crippen LogP contribution in [0.2, 0.25) is 0 Å². The number of halogens is 2. The van der Waals surface area contributed by atoms with Gasteiger partial charge < -0.3 is 14.4 Å². The van der Waals surface area contributed by atoms with Gasteiger partial charge in [-0.05, 0) is 36.8 Å². The zero-order chi connectivity index (χ0) is 23.8. The highest BCUT2D eigenvalue weighted by Gasteiger charge is 2.24. The lowest BCUT2D eigenvalue weighted by molar-refractivity contribution is 0.0603. The number of benzene rings is 2. The molecular weight excluding hydrogens is 442 g/mol. The number of fused-ring (bicyclic) bond motifs is 2. The summed E-state index contributed by atoms with van der Waals surface area (Å²) in [7, 11) is 1.34. The van der Waals surface area contributed by atoms with Crippen LogP contribution < -0.4 is 4.90 Å². The number of imidazole rings is 1. The molecule has 0 spiro atoms. The van der Waals surface area contributed by atoms with Gasteiger partial charge in [0.1, 0.15) is 16.9 Å². The quantitative estimate of drug-likeness (QED) is 0.406. The molecule has 9 heteroatoms. The zero-order valence-electron chi connectivity index (χ0n) is 19.0. The number of anilines is 1. The van der Waals surface area contributed by atoms with Crippen LogP contribution in [0.3, 0.4) is 0 Å². The monoisotopic (exact) mass is 466 g/mol. The van der Waals surface area contributed by atoms with Crippen LogP contribution in [0.15, 0.2) is 36.5 Å². The van der Waals surface area contributed by atoms with E-state index in [0.29, 0.717) is 66.2 Å². The van der Waals surface area contributed by atoms with E-state index in [0.717, 1.165) is 18.2 Å². The topological polar surface area (TPSA) is 69.5 Å². The third-order valence-electron chi connectivity index (χ3n) is 6.09. The van der Waals surface area contributed by atoms with E-state index in [1.165, 1.54) is 19.4 Å². The minimum absolute atomic E-state index is 0.0562. The first-order valence-corrected chi connectivity index (χ1v) is 11.2. The van der Waals surface area contributed by atoms with Gasteiger partial charge in [0, 0.05) is 36.8 Å². The number of carbonyl (C=O) groups is 1. The molecular formula is C25H24F2N4O3. The maximum absolute atomic E-state index is 14.6. The van der Waals surface area contributed by atoms with E-state index in [4.69, 9.17) is 14.5 Å². The highest BCUT2D eigenvalue weighted by molar-refractivity contribution is 6.05. The summed E-state index contributed by atoms with van der Waals surface area (Å²) in [5.74, 6) is -1.73. The van der Waals surface area contributed by atoms with Gasteiger partial charge in [-0.3, -0.25) is 9.55 Å². The number of ether oxygens (including phenoxy) is 2. The van der Waals surface area contributed by atoms with Crippen LogP contribution in [0, 0.1) is 11.6 Å². The van der Waals surface area contributed by atoms with Crippen LogP contribution in [0.4, 0.5) is 14.5 Å². The summed E-state index contributed by atoms with van der Waals surface area (Å²) in [6.07, 6.45) is 2.88. The fraction of sp³-hybridized carbons (Fsp3) is 0.320. The fourth-order valence-electron chi connectivity index (χ4n) is 4.48. The first-order chi connectivity index (χ1) is 16.5. The number of rotatable bonds is 5. The number of carbonyl (C=O) groups excluding carboxylic acids is 1. The Bertz CT molecular complexity index is 1400. The molecule has 176 valence electrons. The van der Waals surface area contributed by atoms with Crippen LogP contribution >= 0.6 is 0 Å². The van der Waals surface area contributed by atoms with Gasteiger partial charge in [-0.1, -0.05) is 6.92 Å². The van der Waals surface area contributed by atoms with E-state index in [1.54, 1.807) is 12.1 Å². The molecule has 7 nitrogen and oxygen atoms in total. The van der Waals surface area contributed by atoms with Crippen LogP contribution in [0.25, 0.3) is 27.6 Å². The molecule has 1 aliphatic rings. The minimum atomic E-state index is -0.995. The van der Waals surface area contributed by atoms with E-state index in [2.05, 4.69) is 9.88 Å². The van der Waals surface area contributed by atoms with Crippen molar-refractivity contribution in [1.82, 2.24) is 14.5 Å². The molecule has 0 radical (unpaired) electrons. The molecule has 1 saturated heterocycles. The summed E-state index contributed by atoms with van der Waals surface area (Å²) >= 11 is 0. The van der Waals surface area contributed by atoms with E-state index in [9.17, 15) is 13.6 Å². The number of methoxy groups -OCH3 is 1. The molecule has 3 heterocycles. The second-order valence-electron chi connectivity index (χ2n) is 8.15. The van der Waals surface area contributed by atoms with E-state index in [1.807, 2.05) is 17.6 Å². The van der Waals surface area contributed by atoms with Crippen molar-refractivity contribution in [2.45, 2.75) is 19.8 Å². The fourth-order valence-corrected chi connectivity index (χ4v) is 4.48. The molecule has 5 rings (SSSR count). The maximum Gasteiger partial charge on any atom is 0.340 e. The normalized spacial score (nSPS) is 14.2. The van der Waals surface area contributed by atoms with Crippen molar-refractivity contribution in [3.8, 4) is 5.69 Å². The molecule has 0 aliphatic carbocycles. The molecule has 0 N–H and O–H groups in total. The van der Waals surface area contributed by atoms with Crippen LogP contribution in [-0.2, 0) is 15.9 Å². The number of pyridine rings is 1. The van der Waals surface area contributed by atoms with Crippen LogP contribution in [0.1, 0.15) is 29.5 Å². The number of morpholine rings is 1. The Morgan fingerprint density at radius 1 is 1.15 bits per heavy atom. The average Bonchev–Trinajstić information content (AvgIpc) is 3.23. The molecule has 4 aromatic rings. The number of hydrogen-bond acceptors (Lipinski definition) is 6. The van der Waals surface area contributed by atoms with Gasteiger partial charge in [0.15, 0.2) is 11.6 Å². The summed E-state index contributed by atoms with van der Waals surface area (Å²) in [6.45, 7) is 4.58. The maximum atomic E-state index is 14.6. The number of nitrogens with zero attached hydrogens (tertiary/aromatic N) is 4. The summed E-state index contributed by atoms with van der Waals surface area (Å²) in [5.41, 5.74) is 2.94. The number of esters is 1. The lowest BCUT2D eigenvalue weighted by Crippen LogP contribution is -2.36. The van der Waals surface area contributed by atoms with Crippen LogP contribution in [0.5, 0.6) is 0 Å². The molecule has 1 aliphatic heterocycles. The summed E-state index contributed by atoms with van der Waals surface area (Å²) in [4.78, 5) is 23.8. The minimum Gasteiger partial charge on any atom is -0.465 e. The van der Waals surface area contributed by atoms with E-state index >= 15 is 0 Å². The van der Waals surface area contributed by atoms with Crippen molar-refractivity contribution < 1.29 is 23.0 Å². The Morgan fingerprint density at radius 2 is 1.94 bits per heavy atom. The van der Waals surface area contributed by atoms with Crippen molar-refractivity contribution >= 4 is 33.6 Å². The van der Waals surface area contributed by atoms with Gasteiger partial charge in [0.05, 0.1) is 37.1 Å². The Labute approximate surface area is 194 Å². The predicted molar refractivity (Wildman–Crippen MR) is 125 cm³/mol. The zero-order valence-corrected chi connectivity index (χ0v) is 19.0. The van der Waals surface area contributed by atoms with Gasteiger partial charge in [-0.15, -0.1) is 0 Å². The third kappa shape index (κ3) is 3.66. The van der Waals surface area contributed by atoms with E-state index < -0.39 is 17.6 Å². The van der Waals surface area contributed by atoms with Gasteiger partial charge in [-0.25, -0.2) is 18.6 Å². The number of aryl methyl sites for hydroxylation is 1. The number of hydrogen-bond donors (Lipinski definition) is 0. The van der Waals surface area contributed by atoms with Crippen LogP contribution in [-0.4, -0.2) is 53.9 Å². The summed E-state index contributed by atoms with van der Waals surface area (Å²) < 4.78 is 40.9. The predicted octanol–water partition coefficient (Wildman–Crippen LogP) is 4.43. The van der Waals surface area contributed by atoms with Crippen molar-refractivity contribution in [1.29, 1.82) is 0 Å². The molecule has 2 aromatic heterocycles. The first-order valence-electron chi connectivity index (χ1n) is 11.2. The molecule has 0 amide bonds. The highest BCUT2D eigenvalue weighted by atomic mass is 19.2. The SMILES string of the molecule is CCCc1nc2c(C(=O)OC)cc(N3CCOCC3)cc2n1-c1ccnc2c(F)c(F)ccc12. The Kier molecular flexibility index (Phi) is 5.87. The lowest BCUT2D eigenvalue weighted by Gasteiger charge is -2.29. The standard InChI is InChI=1S/C25H24F2N4O3/c1-3-4-21-29-23-17(25(32)33-2)13-15(30-9-11-34-12-10-30)14-20(23)31(21)19-7-8-28-24-16(19)5-6-18(26)22(24)27/h5-8,13-14H,3-4,9-12H2,1-2H3. The average molecular weight is 466 g/mol. The van der Waals surface area contributed by atoms with Gasteiger partial charge in [0.25, 0.3) is 0 Å². The molecule has 0 bridgehead atoms. The lowest BCUT2D eigenvalue weighted by atomic mass is 10.1. The smallest absolute Gasteiger partial charge is 0.340 e. The first kappa shape index (κ1) is 22.2. The molecule has 1 fully saturated rings. The molecule has 0 unspecified atom stereocenters. The van der Waals surface area contributed by atoms with Crippen molar-refractivity contribution in [2.75, 3.05) is 38.3 Å². The second kappa shape index (κ2) is 8.98. The summed E-state index contributed by atoms with van der Waals surface area (Å²) in [6, 6.07) is 8.14. The molecule has 0 atom stereocenters. The van der Waals surface area contributed by atoms with Crippen molar-refractivity contribution in [2.24, 2.45) is 0 Å². The van der Waals surface area contributed by atoms with Gasteiger partial charge in [-0.2, -0.15) is 0 Å². The Hall–Kier alpha value is -3.59. The molecule has 34 heavy (non-hydrogen) atoms. The highest BCUT2D eigenvalue weighted by Crippen LogP contribution is 2.33. The van der Waals surface area contributed by atoms with Crippen molar-refractivity contribution in [3.63, 3.8) is 0 Å². The summed E-state index contributed by atoms with van der Waals surface area (Å²) in [5, 5.41) is 0.453. The number of aromatic nitrogens is 3. The third-order valence-corrected chi connectivity index (χ3v) is 6.09. The van der Waals surface area contributed by atoms with Gasteiger partial charge >= 0.3 is 5.97 Å². The Balaban J connectivity index is 1.84. The Morgan fingerprint density at radius 3 is 2.68 bits per heavy atom. The molecule has 2 aromatic carbocycles. The van der Waals surface area contributed by atoms with E-state index in [-0.39, 0.29) is 5.52 Å². The molecule has 0 saturated carbocycles. The largest absolute Gasteiger partial charge is 0.465 e. The second-order valence-corrected chi connectivity index (χ2v) is 8.15.